The Hall–Kier alpha value is -0.970. The second kappa shape index (κ2) is 5.05. The molecule has 0 saturated heterocycles. The summed E-state index contributed by atoms with van der Waals surface area (Å²) >= 11 is 1.49. The van der Waals surface area contributed by atoms with Crippen molar-refractivity contribution in [3.8, 4) is 0 Å². The molecule has 1 aliphatic rings. The number of nitrogens with zero attached hydrogens (tertiary/aromatic N) is 1. The van der Waals surface area contributed by atoms with Crippen molar-refractivity contribution >= 4 is 23.6 Å². The average molecular weight is 215 g/mol. The molecule has 1 heterocycles. The molecule has 1 amide bonds. The van der Waals surface area contributed by atoms with E-state index in [9.17, 15) is 9.59 Å². The van der Waals surface area contributed by atoms with Crippen molar-refractivity contribution in [1.82, 2.24) is 4.90 Å². The van der Waals surface area contributed by atoms with Crippen molar-refractivity contribution in [2.24, 2.45) is 0 Å². The fourth-order valence-electron chi connectivity index (χ4n) is 1.26. The van der Waals surface area contributed by atoms with Crippen LogP contribution in [0.15, 0.2) is 11.1 Å². The van der Waals surface area contributed by atoms with Crippen LogP contribution in [0, 0.1) is 0 Å². The van der Waals surface area contributed by atoms with Gasteiger partial charge in [-0.25, -0.2) is 0 Å². The molecule has 0 aromatic carbocycles. The molecule has 0 aliphatic carbocycles. The van der Waals surface area contributed by atoms with Gasteiger partial charge in [0.05, 0.1) is 5.75 Å². The van der Waals surface area contributed by atoms with Crippen LogP contribution in [-0.2, 0) is 9.59 Å². The zero-order valence-electron chi connectivity index (χ0n) is 8.02. The highest BCUT2D eigenvalue weighted by Gasteiger charge is 2.18. The smallest absolute Gasteiger partial charge is 0.303 e. The minimum absolute atomic E-state index is 0.0698. The molecule has 78 valence electrons. The summed E-state index contributed by atoms with van der Waals surface area (Å²) in [7, 11) is 0. The number of thioether (sulfide) groups is 1. The van der Waals surface area contributed by atoms with Crippen LogP contribution < -0.4 is 0 Å². The molecule has 0 bridgehead atoms. The number of rotatable bonds is 4. The lowest BCUT2D eigenvalue weighted by atomic mass is 10.3. The molecule has 5 heteroatoms. The molecule has 1 rings (SSSR count). The molecule has 1 N–H and O–H groups in total. The van der Waals surface area contributed by atoms with E-state index in [1.807, 2.05) is 12.3 Å². The predicted octanol–water partition coefficient (Wildman–Crippen LogP) is 1.29. The molecule has 0 spiro atoms. The summed E-state index contributed by atoms with van der Waals surface area (Å²) in [6, 6.07) is 0. The number of hydrogen-bond acceptors (Lipinski definition) is 3. The van der Waals surface area contributed by atoms with Crippen molar-refractivity contribution in [3.63, 3.8) is 0 Å². The Morgan fingerprint density at radius 2 is 2.43 bits per heavy atom. The third kappa shape index (κ3) is 3.06. The lowest BCUT2D eigenvalue weighted by Crippen LogP contribution is -2.33. The summed E-state index contributed by atoms with van der Waals surface area (Å²) in [5.41, 5.74) is 0.914. The minimum Gasteiger partial charge on any atom is -0.481 e. The predicted molar refractivity (Wildman–Crippen MR) is 54.8 cm³/mol. The van der Waals surface area contributed by atoms with Gasteiger partial charge < -0.3 is 10.0 Å². The Kier molecular flexibility index (Phi) is 4.00. The van der Waals surface area contributed by atoms with Crippen molar-refractivity contribution < 1.29 is 14.7 Å². The highest BCUT2D eigenvalue weighted by Crippen LogP contribution is 2.19. The van der Waals surface area contributed by atoms with E-state index in [0.717, 1.165) is 5.70 Å². The fourth-order valence-corrected chi connectivity index (χ4v) is 2.01. The van der Waals surface area contributed by atoms with Crippen molar-refractivity contribution in [1.29, 1.82) is 0 Å². The Bertz CT molecular complexity index is 275. The maximum atomic E-state index is 11.4. The monoisotopic (exact) mass is 215 g/mol. The molecule has 0 atom stereocenters. The van der Waals surface area contributed by atoms with E-state index in [1.54, 1.807) is 4.90 Å². The first-order valence-corrected chi connectivity index (χ1v) is 5.46. The molecular formula is C9H13NO3S. The maximum Gasteiger partial charge on any atom is 0.303 e. The number of aliphatic carboxylic acids is 1. The number of carbonyl (C=O) groups excluding carboxylic acids is 1. The summed E-state index contributed by atoms with van der Waals surface area (Å²) < 4.78 is 0. The van der Waals surface area contributed by atoms with Crippen molar-refractivity contribution in [2.45, 2.75) is 19.8 Å². The number of allylic oxidation sites excluding steroid dienone is 1. The SMILES string of the molecule is CC1=CSCC(=O)N1CCCC(=O)O. The van der Waals surface area contributed by atoms with Crippen LogP contribution in [0.5, 0.6) is 0 Å². The number of hydrogen-bond donors (Lipinski definition) is 1. The van der Waals surface area contributed by atoms with Crippen LogP contribution in [0.25, 0.3) is 0 Å². The second-order valence-corrected chi connectivity index (χ2v) is 3.97. The molecule has 0 saturated carbocycles. The molecule has 0 fully saturated rings. The molecule has 1 aliphatic heterocycles. The van der Waals surface area contributed by atoms with Gasteiger partial charge in [-0.1, -0.05) is 0 Å². The van der Waals surface area contributed by atoms with Crippen molar-refractivity contribution in [3.05, 3.63) is 11.1 Å². The molecule has 0 radical (unpaired) electrons. The second-order valence-electron chi connectivity index (χ2n) is 3.11. The van der Waals surface area contributed by atoms with E-state index in [-0.39, 0.29) is 12.3 Å². The van der Waals surface area contributed by atoms with Gasteiger partial charge in [-0.2, -0.15) is 0 Å². The van der Waals surface area contributed by atoms with Gasteiger partial charge in [0.15, 0.2) is 0 Å². The maximum absolute atomic E-state index is 11.4. The summed E-state index contributed by atoms with van der Waals surface area (Å²) in [6.45, 7) is 2.37. The van der Waals surface area contributed by atoms with E-state index >= 15 is 0 Å². The summed E-state index contributed by atoms with van der Waals surface area (Å²) in [5, 5.41) is 10.4. The Balaban J connectivity index is 2.41. The topological polar surface area (TPSA) is 57.6 Å². The van der Waals surface area contributed by atoms with Crippen LogP contribution in [0.3, 0.4) is 0 Å². The quantitative estimate of drug-likeness (QED) is 0.767. The van der Waals surface area contributed by atoms with Gasteiger partial charge in [0.25, 0.3) is 0 Å². The Morgan fingerprint density at radius 1 is 1.71 bits per heavy atom. The first-order chi connectivity index (χ1) is 6.61. The number of carboxylic acid groups (broad SMARTS) is 1. The van der Waals surface area contributed by atoms with E-state index in [4.69, 9.17) is 5.11 Å². The standard InChI is InChI=1S/C9H13NO3S/c1-7-5-14-6-8(11)10(7)4-2-3-9(12)13/h5H,2-4,6H2,1H3,(H,12,13). The number of carbonyl (C=O) groups is 2. The van der Waals surface area contributed by atoms with Crippen LogP contribution >= 0.6 is 11.8 Å². The van der Waals surface area contributed by atoms with Gasteiger partial charge in [-0.3, -0.25) is 9.59 Å². The Morgan fingerprint density at radius 3 is 3.00 bits per heavy atom. The largest absolute Gasteiger partial charge is 0.481 e. The molecule has 4 nitrogen and oxygen atoms in total. The summed E-state index contributed by atoms with van der Waals surface area (Å²) in [6.07, 6.45) is 0.626. The zero-order valence-corrected chi connectivity index (χ0v) is 8.84. The molecule has 14 heavy (non-hydrogen) atoms. The van der Waals surface area contributed by atoms with Gasteiger partial charge in [-0.05, 0) is 18.8 Å². The lowest BCUT2D eigenvalue weighted by molar-refractivity contribution is -0.137. The van der Waals surface area contributed by atoms with Crippen LogP contribution in [0.2, 0.25) is 0 Å². The lowest BCUT2D eigenvalue weighted by Gasteiger charge is -2.25. The van der Waals surface area contributed by atoms with Gasteiger partial charge in [0.1, 0.15) is 0 Å². The van der Waals surface area contributed by atoms with Crippen LogP contribution in [0.1, 0.15) is 19.8 Å². The third-order valence-corrected chi connectivity index (χ3v) is 2.88. The van der Waals surface area contributed by atoms with Gasteiger partial charge >= 0.3 is 5.97 Å². The summed E-state index contributed by atoms with van der Waals surface area (Å²) in [5.74, 6) is -0.282. The van der Waals surface area contributed by atoms with Gasteiger partial charge in [-0.15, -0.1) is 11.8 Å². The van der Waals surface area contributed by atoms with E-state index in [0.29, 0.717) is 18.7 Å². The fraction of sp³-hybridized carbons (Fsp3) is 0.556. The average Bonchev–Trinajstić information content (AvgIpc) is 2.09. The Labute approximate surface area is 87.0 Å². The molecule has 0 unspecified atom stereocenters. The van der Waals surface area contributed by atoms with Crippen molar-refractivity contribution in [2.75, 3.05) is 12.3 Å². The molecule has 0 aromatic heterocycles. The highest BCUT2D eigenvalue weighted by atomic mass is 32.2. The van der Waals surface area contributed by atoms with E-state index in [2.05, 4.69) is 0 Å². The van der Waals surface area contributed by atoms with Crippen LogP contribution in [-0.4, -0.2) is 34.2 Å². The minimum atomic E-state index is -0.814. The highest BCUT2D eigenvalue weighted by molar-refractivity contribution is 8.02. The van der Waals surface area contributed by atoms with Gasteiger partial charge in [0.2, 0.25) is 5.91 Å². The van der Waals surface area contributed by atoms with E-state index < -0.39 is 5.97 Å². The van der Waals surface area contributed by atoms with E-state index in [1.165, 1.54) is 11.8 Å². The van der Waals surface area contributed by atoms with Gasteiger partial charge in [0, 0.05) is 18.7 Å². The first kappa shape index (κ1) is 11.1. The molecule has 0 aromatic rings. The zero-order chi connectivity index (χ0) is 10.6. The summed E-state index contributed by atoms with van der Waals surface area (Å²) in [4.78, 5) is 23.3. The normalized spacial score (nSPS) is 16.8. The number of carboxylic acids is 1. The first-order valence-electron chi connectivity index (χ1n) is 4.42. The van der Waals surface area contributed by atoms with Crippen LogP contribution in [0.4, 0.5) is 0 Å². The number of amides is 1. The molecular weight excluding hydrogens is 202 g/mol. The third-order valence-electron chi connectivity index (χ3n) is 1.96.